The highest BCUT2D eigenvalue weighted by atomic mass is 35.5. The normalized spacial score (nSPS) is 10.8. The molecule has 0 radical (unpaired) electrons. The number of benzene rings is 2. The van der Waals surface area contributed by atoms with E-state index in [9.17, 15) is 0 Å². The second-order valence-corrected chi connectivity index (χ2v) is 6.57. The van der Waals surface area contributed by atoms with Crippen molar-refractivity contribution >= 4 is 23.4 Å². The summed E-state index contributed by atoms with van der Waals surface area (Å²) in [5.41, 5.74) is 1.08. The number of hydrogen-bond acceptors (Lipinski definition) is 4. The van der Waals surface area contributed by atoms with Gasteiger partial charge >= 0.3 is 0 Å². The third-order valence-electron chi connectivity index (χ3n) is 3.44. The molecule has 2 aromatic carbocycles. The van der Waals surface area contributed by atoms with E-state index in [2.05, 4.69) is 21.7 Å². The minimum absolute atomic E-state index is 0.586. The molecule has 0 aliphatic heterocycles. The first-order valence-corrected chi connectivity index (χ1v) is 9.14. The predicted octanol–water partition coefficient (Wildman–Crippen LogP) is 4.79. The van der Waals surface area contributed by atoms with Gasteiger partial charge in [0.25, 0.3) is 0 Å². The summed E-state index contributed by atoms with van der Waals surface area (Å²) in [4.78, 5) is 0. The number of halogens is 1. The van der Waals surface area contributed by atoms with Crippen molar-refractivity contribution in [1.29, 1.82) is 0 Å². The molecule has 24 heavy (non-hydrogen) atoms. The third kappa shape index (κ3) is 4.10. The van der Waals surface area contributed by atoms with Crippen LogP contribution < -0.4 is 4.74 Å². The van der Waals surface area contributed by atoms with Crippen molar-refractivity contribution in [3.8, 4) is 17.1 Å². The first-order valence-electron chi connectivity index (χ1n) is 7.77. The van der Waals surface area contributed by atoms with Gasteiger partial charge in [0.2, 0.25) is 0 Å². The lowest BCUT2D eigenvalue weighted by atomic mass is 10.2. The van der Waals surface area contributed by atoms with E-state index >= 15 is 0 Å². The van der Waals surface area contributed by atoms with Crippen molar-refractivity contribution in [2.75, 3.05) is 12.4 Å². The number of hydrogen-bond donors (Lipinski definition) is 0. The van der Waals surface area contributed by atoms with Gasteiger partial charge < -0.3 is 9.30 Å². The second-order valence-electron chi connectivity index (χ2n) is 5.07. The summed E-state index contributed by atoms with van der Waals surface area (Å²) in [7, 11) is 0. The average molecular weight is 360 g/mol. The Kier molecular flexibility index (Phi) is 5.77. The summed E-state index contributed by atoms with van der Waals surface area (Å²) < 4.78 is 7.84. The molecule has 0 atom stereocenters. The maximum atomic E-state index is 5.95. The van der Waals surface area contributed by atoms with E-state index in [0.29, 0.717) is 11.6 Å². The van der Waals surface area contributed by atoms with Crippen LogP contribution in [-0.4, -0.2) is 27.1 Å². The zero-order chi connectivity index (χ0) is 16.8. The Bertz CT molecular complexity index is 792. The summed E-state index contributed by atoms with van der Waals surface area (Å²) in [5.74, 6) is 2.47. The molecule has 0 unspecified atom stereocenters. The molecule has 0 amide bonds. The Morgan fingerprint density at radius 3 is 2.67 bits per heavy atom. The fourth-order valence-electron chi connectivity index (χ4n) is 2.33. The summed E-state index contributed by atoms with van der Waals surface area (Å²) >= 11 is 7.59. The fraction of sp³-hybridized carbons (Fsp3) is 0.222. The molecule has 4 nitrogen and oxygen atoms in total. The number of rotatable bonds is 7. The van der Waals surface area contributed by atoms with Gasteiger partial charge in [-0.1, -0.05) is 59.8 Å². The van der Waals surface area contributed by atoms with Crippen molar-refractivity contribution in [3.05, 3.63) is 59.6 Å². The summed E-state index contributed by atoms with van der Waals surface area (Å²) in [5, 5.41) is 10.2. The molecule has 124 valence electrons. The molecule has 0 saturated carbocycles. The molecule has 1 aromatic heterocycles. The molecule has 1 heterocycles. The van der Waals surface area contributed by atoms with Crippen molar-refractivity contribution in [2.24, 2.45) is 0 Å². The largest absolute Gasteiger partial charge is 0.493 e. The maximum Gasteiger partial charge on any atom is 0.191 e. The van der Waals surface area contributed by atoms with Gasteiger partial charge in [0.15, 0.2) is 11.0 Å². The SMILES string of the molecule is CCn1c(SCCOc2cccc(Cl)c2)nnc1-c1ccccc1. The first-order chi connectivity index (χ1) is 11.8. The molecule has 0 spiro atoms. The highest BCUT2D eigenvalue weighted by Crippen LogP contribution is 2.24. The zero-order valence-corrected chi connectivity index (χ0v) is 14.9. The first kappa shape index (κ1) is 16.9. The molecule has 0 aliphatic carbocycles. The zero-order valence-electron chi connectivity index (χ0n) is 13.4. The smallest absolute Gasteiger partial charge is 0.191 e. The quantitative estimate of drug-likeness (QED) is 0.449. The van der Waals surface area contributed by atoms with Gasteiger partial charge in [0, 0.05) is 22.9 Å². The Morgan fingerprint density at radius 2 is 1.92 bits per heavy atom. The summed E-state index contributed by atoms with van der Waals surface area (Å²) in [6.07, 6.45) is 0. The van der Waals surface area contributed by atoms with Crippen LogP contribution in [0.4, 0.5) is 0 Å². The van der Waals surface area contributed by atoms with Gasteiger partial charge in [-0.15, -0.1) is 10.2 Å². The van der Waals surface area contributed by atoms with Crippen LogP contribution in [0.3, 0.4) is 0 Å². The van der Waals surface area contributed by atoms with Crippen molar-refractivity contribution < 1.29 is 4.74 Å². The van der Waals surface area contributed by atoms with Crippen LogP contribution in [0.25, 0.3) is 11.4 Å². The van der Waals surface area contributed by atoms with Crippen LogP contribution in [0.2, 0.25) is 5.02 Å². The molecular weight excluding hydrogens is 342 g/mol. The van der Waals surface area contributed by atoms with Gasteiger partial charge in [-0.25, -0.2) is 0 Å². The predicted molar refractivity (Wildman–Crippen MR) is 98.8 cm³/mol. The van der Waals surface area contributed by atoms with E-state index in [0.717, 1.165) is 34.6 Å². The van der Waals surface area contributed by atoms with Crippen molar-refractivity contribution in [2.45, 2.75) is 18.6 Å². The van der Waals surface area contributed by atoms with Crippen LogP contribution in [0.1, 0.15) is 6.92 Å². The lowest BCUT2D eigenvalue weighted by Gasteiger charge is -2.08. The molecule has 0 fully saturated rings. The number of aromatic nitrogens is 3. The summed E-state index contributed by atoms with van der Waals surface area (Å²) in [6.45, 7) is 3.51. The molecule has 0 aliphatic rings. The van der Waals surface area contributed by atoms with Gasteiger partial charge in [0.05, 0.1) is 6.61 Å². The molecule has 0 N–H and O–H groups in total. The van der Waals surface area contributed by atoms with Gasteiger partial charge in [-0.3, -0.25) is 0 Å². The highest BCUT2D eigenvalue weighted by Gasteiger charge is 2.12. The molecule has 6 heteroatoms. The van der Waals surface area contributed by atoms with E-state index in [-0.39, 0.29) is 0 Å². The Labute approximate surface area is 150 Å². The lowest BCUT2D eigenvalue weighted by molar-refractivity contribution is 0.344. The Balaban J connectivity index is 1.60. The monoisotopic (exact) mass is 359 g/mol. The van der Waals surface area contributed by atoms with Crippen molar-refractivity contribution in [3.63, 3.8) is 0 Å². The van der Waals surface area contributed by atoms with Crippen LogP contribution in [-0.2, 0) is 6.54 Å². The molecule has 3 rings (SSSR count). The highest BCUT2D eigenvalue weighted by molar-refractivity contribution is 7.99. The Morgan fingerprint density at radius 1 is 1.08 bits per heavy atom. The Hall–Kier alpha value is -1.98. The minimum Gasteiger partial charge on any atom is -0.493 e. The van der Waals surface area contributed by atoms with E-state index in [1.54, 1.807) is 11.8 Å². The van der Waals surface area contributed by atoms with E-state index in [1.165, 1.54) is 0 Å². The van der Waals surface area contributed by atoms with Gasteiger partial charge in [0.1, 0.15) is 5.75 Å². The number of nitrogens with zero attached hydrogens (tertiary/aromatic N) is 3. The maximum absolute atomic E-state index is 5.95. The second kappa shape index (κ2) is 8.22. The molecule has 0 saturated heterocycles. The minimum atomic E-state index is 0.586. The van der Waals surface area contributed by atoms with E-state index < -0.39 is 0 Å². The van der Waals surface area contributed by atoms with E-state index in [4.69, 9.17) is 16.3 Å². The van der Waals surface area contributed by atoms with Gasteiger partial charge in [-0.05, 0) is 25.1 Å². The number of ether oxygens (including phenoxy) is 1. The van der Waals surface area contributed by atoms with Crippen LogP contribution in [0.5, 0.6) is 5.75 Å². The topological polar surface area (TPSA) is 39.9 Å². The van der Waals surface area contributed by atoms with Crippen molar-refractivity contribution in [1.82, 2.24) is 14.8 Å². The van der Waals surface area contributed by atoms with Crippen LogP contribution in [0.15, 0.2) is 59.8 Å². The third-order valence-corrected chi connectivity index (χ3v) is 4.61. The molecule has 3 aromatic rings. The van der Waals surface area contributed by atoms with Gasteiger partial charge in [-0.2, -0.15) is 0 Å². The van der Waals surface area contributed by atoms with E-state index in [1.807, 2.05) is 54.6 Å². The lowest BCUT2D eigenvalue weighted by Crippen LogP contribution is -2.03. The van der Waals surface area contributed by atoms with Crippen LogP contribution >= 0.6 is 23.4 Å². The molecular formula is C18H18ClN3OS. The standard InChI is InChI=1S/C18H18ClN3OS/c1-2-22-17(14-7-4-3-5-8-14)20-21-18(22)24-12-11-23-16-10-6-9-15(19)13-16/h3-10,13H,2,11-12H2,1H3. The average Bonchev–Trinajstić information content (AvgIpc) is 3.02. The van der Waals surface area contributed by atoms with Crippen LogP contribution in [0, 0.1) is 0 Å². The summed E-state index contributed by atoms with van der Waals surface area (Å²) in [6, 6.07) is 17.5. The fourth-order valence-corrected chi connectivity index (χ4v) is 3.33. The molecule has 0 bridgehead atoms. The number of thioether (sulfide) groups is 1.